The van der Waals surface area contributed by atoms with Gasteiger partial charge >= 0.3 is 5.97 Å². The predicted molar refractivity (Wildman–Crippen MR) is 59.9 cm³/mol. The van der Waals surface area contributed by atoms with Crippen LogP contribution in [0.15, 0.2) is 12.1 Å². The van der Waals surface area contributed by atoms with Crippen LogP contribution >= 0.6 is 23.7 Å². The minimum absolute atomic E-state index is 0. The molecule has 1 heterocycles. The third-order valence-corrected chi connectivity index (χ3v) is 2.87. The van der Waals surface area contributed by atoms with E-state index in [9.17, 15) is 4.79 Å². The molecule has 1 atom stereocenters. The first-order valence-corrected chi connectivity index (χ1v) is 4.84. The number of hydrogen-bond acceptors (Lipinski definition) is 4. The molecule has 0 fully saturated rings. The zero-order valence-electron chi connectivity index (χ0n) is 8.15. The number of carbonyl (C=O) groups excluding carboxylic acids is 1. The summed E-state index contributed by atoms with van der Waals surface area (Å²) in [5.74, 6) is -0.265. The largest absolute Gasteiger partial charge is 0.469 e. The Kier molecular flexibility index (Phi) is 5.76. The number of halogens is 1. The summed E-state index contributed by atoms with van der Waals surface area (Å²) in [7, 11) is 1.37. The van der Waals surface area contributed by atoms with Gasteiger partial charge in [0, 0.05) is 15.8 Å². The van der Waals surface area contributed by atoms with Crippen LogP contribution in [0, 0.1) is 6.92 Å². The van der Waals surface area contributed by atoms with Gasteiger partial charge in [-0.3, -0.25) is 4.79 Å². The quantitative estimate of drug-likeness (QED) is 0.816. The molecule has 0 aliphatic heterocycles. The Balaban J connectivity index is 0.00000169. The monoisotopic (exact) mass is 235 g/mol. The molecular weight excluding hydrogens is 222 g/mol. The van der Waals surface area contributed by atoms with Crippen molar-refractivity contribution in [2.24, 2.45) is 5.73 Å². The van der Waals surface area contributed by atoms with Crippen molar-refractivity contribution in [3.8, 4) is 0 Å². The second-order valence-electron chi connectivity index (χ2n) is 2.84. The predicted octanol–water partition coefficient (Wildman–Crippen LogP) is 2.04. The molecule has 14 heavy (non-hydrogen) atoms. The summed E-state index contributed by atoms with van der Waals surface area (Å²) in [6, 6.07) is 3.72. The fourth-order valence-corrected chi connectivity index (χ4v) is 1.89. The molecule has 0 unspecified atom stereocenters. The summed E-state index contributed by atoms with van der Waals surface area (Å²) in [6.45, 7) is 2.01. The Morgan fingerprint density at radius 2 is 2.29 bits per heavy atom. The molecule has 0 radical (unpaired) electrons. The molecule has 0 aliphatic carbocycles. The molecule has 0 bridgehead atoms. The first-order chi connectivity index (χ1) is 6.13. The summed E-state index contributed by atoms with van der Waals surface area (Å²) >= 11 is 1.62. The number of nitrogens with two attached hydrogens (primary N) is 1. The number of aryl methyl sites for hydroxylation is 1. The van der Waals surface area contributed by atoms with E-state index in [1.165, 1.54) is 12.0 Å². The molecule has 1 rings (SSSR count). The van der Waals surface area contributed by atoms with Crippen LogP contribution in [0.4, 0.5) is 0 Å². The molecule has 5 heteroatoms. The van der Waals surface area contributed by atoms with Crippen LogP contribution in [-0.4, -0.2) is 13.1 Å². The highest BCUT2D eigenvalue weighted by molar-refractivity contribution is 7.12. The summed E-state index contributed by atoms with van der Waals surface area (Å²) in [5, 5.41) is 0. The van der Waals surface area contributed by atoms with Crippen LogP contribution in [0.1, 0.15) is 22.2 Å². The van der Waals surface area contributed by atoms with Gasteiger partial charge in [0.25, 0.3) is 0 Å². The lowest BCUT2D eigenvalue weighted by molar-refractivity contribution is -0.141. The maximum Gasteiger partial charge on any atom is 0.307 e. The Morgan fingerprint density at radius 3 is 2.71 bits per heavy atom. The first-order valence-electron chi connectivity index (χ1n) is 4.02. The average Bonchev–Trinajstić information content (AvgIpc) is 2.51. The second-order valence-corrected chi connectivity index (χ2v) is 4.15. The number of thiophene rings is 1. The van der Waals surface area contributed by atoms with Gasteiger partial charge in [-0.1, -0.05) is 0 Å². The topological polar surface area (TPSA) is 52.3 Å². The molecule has 80 valence electrons. The second kappa shape index (κ2) is 6.01. The number of carbonyl (C=O) groups is 1. The van der Waals surface area contributed by atoms with Gasteiger partial charge in [-0.05, 0) is 19.1 Å². The van der Waals surface area contributed by atoms with Crippen molar-refractivity contribution in [2.45, 2.75) is 19.4 Å². The van der Waals surface area contributed by atoms with Crippen molar-refractivity contribution in [1.82, 2.24) is 0 Å². The Labute approximate surface area is 93.7 Å². The van der Waals surface area contributed by atoms with Crippen molar-refractivity contribution in [3.63, 3.8) is 0 Å². The average molecular weight is 236 g/mol. The van der Waals surface area contributed by atoms with Gasteiger partial charge in [0.15, 0.2) is 0 Å². The Morgan fingerprint density at radius 1 is 1.64 bits per heavy atom. The normalized spacial score (nSPS) is 11.6. The highest BCUT2D eigenvalue weighted by Gasteiger charge is 2.12. The lowest BCUT2D eigenvalue weighted by Crippen LogP contribution is -2.14. The summed E-state index contributed by atoms with van der Waals surface area (Å²) in [5.41, 5.74) is 5.79. The molecule has 3 nitrogen and oxygen atoms in total. The van der Waals surface area contributed by atoms with Crippen LogP contribution < -0.4 is 5.73 Å². The molecule has 0 aromatic carbocycles. The minimum atomic E-state index is -0.265. The van der Waals surface area contributed by atoms with Gasteiger partial charge in [-0.2, -0.15) is 0 Å². The smallest absolute Gasteiger partial charge is 0.307 e. The Hall–Kier alpha value is -0.580. The highest BCUT2D eigenvalue weighted by Crippen LogP contribution is 2.23. The van der Waals surface area contributed by atoms with E-state index in [1.807, 2.05) is 19.1 Å². The van der Waals surface area contributed by atoms with E-state index in [0.29, 0.717) is 0 Å². The number of rotatable bonds is 3. The molecule has 0 aliphatic rings. The van der Waals surface area contributed by atoms with Gasteiger partial charge in [0.2, 0.25) is 0 Å². The lowest BCUT2D eigenvalue weighted by atomic mass is 10.2. The molecular formula is C9H14ClNO2S. The number of methoxy groups -OCH3 is 1. The Bertz CT molecular complexity index is 301. The van der Waals surface area contributed by atoms with Crippen molar-refractivity contribution in [3.05, 3.63) is 21.9 Å². The van der Waals surface area contributed by atoms with Crippen LogP contribution in [-0.2, 0) is 9.53 Å². The third-order valence-electron chi connectivity index (χ3n) is 1.74. The molecule has 1 aromatic rings. The van der Waals surface area contributed by atoms with E-state index in [4.69, 9.17) is 5.73 Å². The SMILES string of the molecule is COC(=O)C[C@@H](N)c1ccc(C)s1.Cl. The van der Waals surface area contributed by atoms with Gasteiger partial charge in [0.05, 0.1) is 13.5 Å². The number of esters is 1. The highest BCUT2D eigenvalue weighted by atomic mass is 35.5. The number of ether oxygens (including phenoxy) is 1. The van der Waals surface area contributed by atoms with Crippen LogP contribution in [0.2, 0.25) is 0 Å². The molecule has 0 saturated carbocycles. The molecule has 0 saturated heterocycles. The lowest BCUT2D eigenvalue weighted by Gasteiger charge is -2.06. The van der Waals surface area contributed by atoms with Gasteiger partial charge in [-0.25, -0.2) is 0 Å². The third kappa shape index (κ3) is 3.65. The van der Waals surface area contributed by atoms with E-state index < -0.39 is 0 Å². The summed E-state index contributed by atoms with van der Waals surface area (Å²) < 4.78 is 4.53. The fraction of sp³-hybridized carbons (Fsp3) is 0.444. The summed E-state index contributed by atoms with van der Waals surface area (Å²) in [4.78, 5) is 13.1. The number of hydrogen-bond donors (Lipinski definition) is 1. The van der Waals surface area contributed by atoms with Gasteiger partial charge in [0.1, 0.15) is 0 Å². The molecule has 1 aromatic heterocycles. The van der Waals surface area contributed by atoms with Crippen molar-refractivity contribution < 1.29 is 9.53 Å². The molecule has 0 spiro atoms. The maximum absolute atomic E-state index is 10.9. The molecule has 2 N–H and O–H groups in total. The fourth-order valence-electron chi connectivity index (χ4n) is 1.02. The minimum Gasteiger partial charge on any atom is -0.469 e. The van der Waals surface area contributed by atoms with Crippen molar-refractivity contribution in [2.75, 3.05) is 7.11 Å². The maximum atomic E-state index is 10.9. The van der Waals surface area contributed by atoms with Crippen molar-refractivity contribution in [1.29, 1.82) is 0 Å². The zero-order valence-corrected chi connectivity index (χ0v) is 9.78. The summed E-state index contributed by atoms with van der Waals surface area (Å²) in [6.07, 6.45) is 0.246. The molecule has 0 amide bonds. The van der Waals surface area contributed by atoms with Crippen LogP contribution in [0.3, 0.4) is 0 Å². The van der Waals surface area contributed by atoms with Crippen LogP contribution in [0.5, 0.6) is 0 Å². The first kappa shape index (κ1) is 13.4. The van der Waals surface area contributed by atoms with E-state index in [0.717, 1.165) is 4.88 Å². The van der Waals surface area contributed by atoms with E-state index in [2.05, 4.69) is 4.74 Å². The van der Waals surface area contributed by atoms with E-state index in [1.54, 1.807) is 11.3 Å². The van der Waals surface area contributed by atoms with Gasteiger partial charge < -0.3 is 10.5 Å². The van der Waals surface area contributed by atoms with E-state index in [-0.39, 0.29) is 30.8 Å². The zero-order chi connectivity index (χ0) is 9.84. The van der Waals surface area contributed by atoms with Crippen molar-refractivity contribution >= 4 is 29.7 Å². The van der Waals surface area contributed by atoms with E-state index >= 15 is 0 Å². The van der Waals surface area contributed by atoms with Gasteiger partial charge in [-0.15, -0.1) is 23.7 Å². The van der Waals surface area contributed by atoms with Crippen LogP contribution in [0.25, 0.3) is 0 Å². The standard InChI is InChI=1S/C9H13NO2S.ClH/c1-6-3-4-8(13-6)7(10)5-9(11)12-2;/h3-4,7H,5,10H2,1-2H3;1H/t7-;/m1./s1.